The van der Waals surface area contributed by atoms with E-state index >= 15 is 0 Å². The van der Waals surface area contributed by atoms with Crippen molar-refractivity contribution in [2.45, 2.75) is 19.3 Å². The Bertz CT molecular complexity index is 326. The van der Waals surface area contributed by atoms with E-state index in [1.165, 1.54) is 25.5 Å². The molecule has 13 heavy (non-hydrogen) atoms. The molecule has 1 aromatic heterocycles. The van der Waals surface area contributed by atoms with Gasteiger partial charge in [-0.3, -0.25) is 0 Å². The number of piperidine rings is 1. The molecule has 0 atom stereocenters. The predicted octanol–water partition coefficient (Wildman–Crippen LogP) is 1.63. The minimum absolute atomic E-state index is 0.218. The minimum Gasteiger partial charge on any atom is -0.430 e. The molecule has 70 valence electrons. The highest BCUT2D eigenvalue weighted by atomic mass is 16.4. The van der Waals surface area contributed by atoms with E-state index < -0.39 is 0 Å². The fourth-order valence-corrected chi connectivity index (χ4v) is 1.73. The van der Waals surface area contributed by atoms with Gasteiger partial charge in [0.2, 0.25) is 0 Å². The molecule has 3 heteroatoms. The molecule has 0 aliphatic carbocycles. The highest BCUT2D eigenvalue weighted by molar-refractivity contribution is 5.42. The first-order valence-electron chi connectivity index (χ1n) is 4.71. The average Bonchev–Trinajstić information content (AvgIpc) is 2.20. The first kappa shape index (κ1) is 8.35. The van der Waals surface area contributed by atoms with Crippen LogP contribution in [0.1, 0.15) is 19.3 Å². The molecule has 2 heterocycles. The fraction of sp³-hybridized carbons (Fsp3) is 0.500. The molecule has 0 aromatic carbocycles. The van der Waals surface area contributed by atoms with Crippen molar-refractivity contribution in [3.05, 3.63) is 28.8 Å². The van der Waals surface area contributed by atoms with Gasteiger partial charge in [0.25, 0.3) is 0 Å². The fourth-order valence-electron chi connectivity index (χ4n) is 1.73. The van der Waals surface area contributed by atoms with Gasteiger partial charge >= 0.3 is 5.63 Å². The van der Waals surface area contributed by atoms with E-state index in [1.807, 2.05) is 6.07 Å². The van der Waals surface area contributed by atoms with Gasteiger partial charge in [0.1, 0.15) is 5.69 Å². The molecule has 1 aromatic rings. The van der Waals surface area contributed by atoms with Crippen molar-refractivity contribution in [3.63, 3.8) is 0 Å². The predicted molar refractivity (Wildman–Crippen MR) is 51.0 cm³/mol. The highest BCUT2D eigenvalue weighted by Crippen LogP contribution is 2.15. The molecule has 0 unspecified atom stereocenters. The van der Waals surface area contributed by atoms with Crippen LogP contribution >= 0.6 is 0 Å². The summed E-state index contributed by atoms with van der Waals surface area (Å²) in [7, 11) is 0. The second-order valence-electron chi connectivity index (χ2n) is 3.33. The summed E-state index contributed by atoms with van der Waals surface area (Å²) in [6.07, 6.45) is 5.05. The van der Waals surface area contributed by atoms with Crippen LogP contribution < -0.4 is 10.5 Å². The van der Waals surface area contributed by atoms with Gasteiger partial charge in [-0.15, -0.1) is 0 Å². The molecule has 1 aliphatic heterocycles. The van der Waals surface area contributed by atoms with Crippen molar-refractivity contribution < 1.29 is 4.42 Å². The van der Waals surface area contributed by atoms with Crippen LogP contribution in [-0.2, 0) is 0 Å². The second kappa shape index (κ2) is 3.64. The molecule has 0 spiro atoms. The lowest BCUT2D eigenvalue weighted by Gasteiger charge is -2.27. The summed E-state index contributed by atoms with van der Waals surface area (Å²) in [5, 5.41) is 0. The smallest absolute Gasteiger partial charge is 0.359 e. The number of rotatable bonds is 1. The zero-order valence-corrected chi connectivity index (χ0v) is 7.53. The van der Waals surface area contributed by atoms with Crippen molar-refractivity contribution in [2.24, 2.45) is 0 Å². The van der Waals surface area contributed by atoms with Crippen LogP contribution in [0.2, 0.25) is 0 Å². The second-order valence-corrected chi connectivity index (χ2v) is 3.33. The maximum Gasteiger partial charge on any atom is 0.359 e. The van der Waals surface area contributed by atoms with Gasteiger partial charge < -0.3 is 9.32 Å². The third-order valence-corrected chi connectivity index (χ3v) is 2.41. The lowest BCUT2D eigenvalue weighted by Crippen LogP contribution is -2.32. The summed E-state index contributed by atoms with van der Waals surface area (Å²) in [6.45, 7) is 1.96. The molecule has 3 nitrogen and oxygen atoms in total. The SMILES string of the molecule is O=c1occcc1N1CCCCC1. The third kappa shape index (κ3) is 1.74. The quantitative estimate of drug-likeness (QED) is 0.657. The van der Waals surface area contributed by atoms with Gasteiger partial charge in [0.05, 0.1) is 6.26 Å². The lowest BCUT2D eigenvalue weighted by molar-refractivity contribution is 0.499. The minimum atomic E-state index is -0.218. The lowest BCUT2D eigenvalue weighted by atomic mass is 10.1. The van der Waals surface area contributed by atoms with E-state index in [4.69, 9.17) is 4.42 Å². The van der Waals surface area contributed by atoms with Gasteiger partial charge in [-0.05, 0) is 31.4 Å². The maximum absolute atomic E-state index is 11.3. The zero-order valence-electron chi connectivity index (χ0n) is 7.53. The van der Waals surface area contributed by atoms with Gasteiger partial charge in [0, 0.05) is 13.1 Å². The van der Waals surface area contributed by atoms with Crippen molar-refractivity contribution in [2.75, 3.05) is 18.0 Å². The largest absolute Gasteiger partial charge is 0.430 e. The Balaban J connectivity index is 2.24. The van der Waals surface area contributed by atoms with Crippen LogP contribution in [0.3, 0.4) is 0 Å². The molecule has 2 rings (SSSR count). The van der Waals surface area contributed by atoms with Crippen LogP contribution in [0.5, 0.6) is 0 Å². The third-order valence-electron chi connectivity index (χ3n) is 2.41. The maximum atomic E-state index is 11.3. The van der Waals surface area contributed by atoms with Gasteiger partial charge in [0.15, 0.2) is 0 Å². The highest BCUT2D eigenvalue weighted by Gasteiger charge is 2.13. The number of nitrogens with zero attached hydrogens (tertiary/aromatic N) is 1. The standard InChI is InChI=1S/C10H13NO2/c12-10-9(5-4-8-13-10)11-6-2-1-3-7-11/h4-5,8H,1-3,6-7H2. The van der Waals surface area contributed by atoms with Crippen LogP contribution in [0, 0.1) is 0 Å². The molecule has 0 amide bonds. The molecule has 0 bridgehead atoms. The van der Waals surface area contributed by atoms with Crippen molar-refractivity contribution in [1.29, 1.82) is 0 Å². The van der Waals surface area contributed by atoms with Crippen molar-refractivity contribution >= 4 is 5.69 Å². The Hall–Kier alpha value is -1.25. The normalized spacial score (nSPS) is 17.4. The molecule has 0 radical (unpaired) electrons. The van der Waals surface area contributed by atoms with Crippen molar-refractivity contribution in [1.82, 2.24) is 0 Å². The zero-order chi connectivity index (χ0) is 9.10. The van der Waals surface area contributed by atoms with Crippen molar-refractivity contribution in [3.8, 4) is 0 Å². The Kier molecular flexibility index (Phi) is 2.34. The van der Waals surface area contributed by atoms with Gasteiger partial charge in [-0.25, -0.2) is 4.79 Å². The Morgan fingerprint density at radius 3 is 2.69 bits per heavy atom. The summed E-state index contributed by atoms with van der Waals surface area (Å²) in [5.41, 5.74) is 0.492. The summed E-state index contributed by atoms with van der Waals surface area (Å²) < 4.78 is 4.81. The van der Waals surface area contributed by atoms with E-state index in [1.54, 1.807) is 6.07 Å². The average molecular weight is 179 g/mol. The van der Waals surface area contributed by atoms with Crippen LogP contribution in [-0.4, -0.2) is 13.1 Å². The molecule has 0 saturated carbocycles. The molecular formula is C10H13NO2. The molecule has 0 N–H and O–H groups in total. The molecule has 1 aliphatic rings. The van der Waals surface area contributed by atoms with E-state index in [0.717, 1.165) is 13.1 Å². The monoisotopic (exact) mass is 179 g/mol. The first-order valence-corrected chi connectivity index (χ1v) is 4.71. The first-order chi connectivity index (χ1) is 6.38. The van der Waals surface area contributed by atoms with Gasteiger partial charge in [-0.1, -0.05) is 0 Å². The van der Waals surface area contributed by atoms with Crippen LogP contribution in [0.4, 0.5) is 5.69 Å². The van der Waals surface area contributed by atoms with Crippen LogP contribution in [0.25, 0.3) is 0 Å². The molecular weight excluding hydrogens is 166 g/mol. The number of hydrogen-bond acceptors (Lipinski definition) is 3. The van der Waals surface area contributed by atoms with Crippen LogP contribution in [0.15, 0.2) is 27.6 Å². The summed E-state index contributed by atoms with van der Waals surface area (Å²) in [6, 6.07) is 3.60. The van der Waals surface area contributed by atoms with E-state index in [0.29, 0.717) is 5.69 Å². The summed E-state index contributed by atoms with van der Waals surface area (Å²) in [4.78, 5) is 13.4. The Labute approximate surface area is 77.0 Å². The Morgan fingerprint density at radius 2 is 2.00 bits per heavy atom. The summed E-state index contributed by atoms with van der Waals surface area (Å²) >= 11 is 0. The van der Waals surface area contributed by atoms with Gasteiger partial charge in [-0.2, -0.15) is 0 Å². The topological polar surface area (TPSA) is 33.5 Å². The number of hydrogen-bond donors (Lipinski definition) is 0. The van der Waals surface area contributed by atoms with E-state index in [2.05, 4.69) is 4.90 Å². The summed E-state index contributed by atoms with van der Waals surface area (Å²) in [5.74, 6) is 0. The molecule has 1 fully saturated rings. The number of anilines is 1. The Morgan fingerprint density at radius 1 is 1.23 bits per heavy atom. The molecule has 1 saturated heterocycles. The van der Waals surface area contributed by atoms with E-state index in [-0.39, 0.29) is 5.63 Å². The van der Waals surface area contributed by atoms with E-state index in [9.17, 15) is 4.79 Å².